The molecule has 0 fully saturated rings. The number of carbonyl (C=O) groups is 1. The van der Waals surface area contributed by atoms with Crippen molar-refractivity contribution < 1.29 is 9.90 Å². The maximum atomic E-state index is 12.0. The molecule has 0 aliphatic rings. The van der Waals surface area contributed by atoms with E-state index >= 15 is 0 Å². The van der Waals surface area contributed by atoms with E-state index < -0.39 is 5.91 Å². The number of nitrogens with zero attached hydrogens (tertiary/aromatic N) is 3. The normalized spacial score (nSPS) is 9.95. The lowest BCUT2D eigenvalue weighted by Crippen LogP contribution is -2.15. The Hall–Kier alpha value is -2.52. The minimum atomic E-state index is -0.443. The molecule has 0 aliphatic carbocycles. The Morgan fingerprint density at radius 3 is 2.95 bits per heavy atom. The van der Waals surface area contributed by atoms with Crippen LogP contribution in [0.5, 0.6) is 5.75 Å². The molecule has 96 valence electrons. The van der Waals surface area contributed by atoms with Gasteiger partial charge in [0.05, 0.1) is 11.2 Å². The molecule has 0 spiro atoms. The van der Waals surface area contributed by atoms with Gasteiger partial charge in [0.2, 0.25) is 0 Å². The maximum absolute atomic E-state index is 12.0. The molecule has 0 aliphatic heterocycles. The second-order valence-electron chi connectivity index (χ2n) is 3.76. The van der Waals surface area contributed by atoms with Crippen LogP contribution < -0.4 is 5.32 Å². The van der Waals surface area contributed by atoms with E-state index in [0.717, 1.165) is 0 Å². The monoisotopic (exact) mass is 276 g/mol. The van der Waals surface area contributed by atoms with Gasteiger partial charge in [-0.05, 0) is 18.2 Å². The maximum Gasteiger partial charge on any atom is 0.256 e. The highest BCUT2D eigenvalue weighted by Crippen LogP contribution is 2.24. The molecule has 2 rings (SSSR count). The first kappa shape index (κ1) is 12.9. The highest BCUT2D eigenvalue weighted by molar-refractivity contribution is 6.32. The average molecular weight is 277 g/mol. The van der Waals surface area contributed by atoms with E-state index in [1.807, 2.05) is 6.07 Å². The number of halogens is 1. The van der Waals surface area contributed by atoms with E-state index in [1.165, 1.54) is 29.1 Å². The zero-order valence-corrected chi connectivity index (χ0v) is 10.6. The summed E-state index contributed by atoms with van der Waals surface area (Å²) in [5.41, 5.74) is 0.536. The Balaban J connectivity index is 2.28. The lowest BCUT2D eigenvalue weighted by Gasteiger charge is -2.06. The number of aromatic hydroxyl groups is 1. The molecule has 0 unspecified atom stereocenters. The molecular formula is C12H9ClN4O2. The summed E-state index contributed by atoms with van der Waals surface area (Å²) in [6.07, 6.45) is 1.36. The van der Waals surface area contributed by atoms with Crippen molar-refractivity contribution in [3.8, 4) is 11.8 Å². The van der Waals surface area contributed by atoms with Gasteiger partial charge in [-0.1, -0.05) is 11.6 Å². The summed E-state index contributed by atoms with van der Waals surface area (Å²) in [5, 5.41) is 24.7. The molecule has 1 heterocycles. The molecule has 1 amide bonds. The number of nitrogens with one attached hydrogen (secondary N) is 1. The van der Waals surface area contributed by atoms with Gasteiger partial charge in [0, 0.05) is 12.6 Å². The number of benzene rings is 1. The summed E-state index contributed by atoms with van der Waals surface area (Å²) in [5.74, 6) is -0.241. The molecule has 0 bridgehead atoms. The molecule has 0 saturated carbocycles. The van der Waals surface area contributed by atoms with E-state index in [-0.39, 0.29) is 21.9 Å². The summed E-state index contributed by atoms with van der Waals surface area (Å²) in [6, 6.07) is 6.03. The van der Waals surface area contributed by atoms with Crippen LogP contribution in [0, 0.1) is 11.3 Å². The number of phenolic OH excluding ortho intramolecular Hbond substituents is 1. The third-order valence-corrected chi connectivity index (χ3v) is 2.80. The summed E-state index contributed by atoms with van der Waals surface area (Å²) >= 11 is 5.73. The third-order valence-electron chi connectivity index (χ3n) is 2.50. The molecule has 1 aromatic carbocycles. The van der Waals surface area contributed by atoms with Crippen molar-refractivity contribution in [2.45, 2.75) is 0 Å². The molecular weight excluding hydrogens is 268 g/mol. The van der Waals surface area contributed by atoms with E-state index in [1.54, 1.807) is 7.05 Å². The zero-order chi connectivity index (χ0) is 14.0. The number of hydrogen-bond acceptors (Lipinski definition) is 4. The van der Waals surface area contributed by atoms with Crippen LogP contribution in [0.15, 0.2) is 24.4 Å². The Kier molecular flexibility index (Phi) is 3.40. The van der Waals surface area contributed by atoms with Gasteiger partial charge in [-0.25, -0.2) is 0 Å². The van der Waals surface area contributed by atoms with Crippen LogP contribution in [0.4, 0.5) is 5.82 Å². The average Bonchev–Trinajstić information content (AvgIpc) is 2.74. The van der Waals surface area contributed by atoms with Gasteiger partial charge >= 0.3 is 0 Å². The molecule has 1 aromatic heterocycles. The number of anilines is 1. The van der Waals surface area contributed by atoms with Gasteiger partial charge in [0.15, 0.2) is 0 Å². The molecule has 0 radical (unpaired) electrons. The minimum Gasteiger partial charge on any atom is -0.506 e. The predicted molar refractivity (Wildman–Crippen MR) is 69.0 cm³/mol. The van der Waals surface area contributed by atoms with E-state index in [4.69, 9.17) is 16.9 Å². The summed E-state index contributed by atoms with van der Waals surface area (Å²) < 4.78 is 1.39. The molecule has 6 nitrogen and oxygen atoms in total. The first-order valence-corrected chi connectivity index (χ1v) is 5.62. The van der Waals surface area contributed by atoms with Crippen LogP contribution in [0.1, 0.15) is 15.9 Å². The van der Waals surface area contributed by atoms with Gasteiger partial charge in [0.1, 0.15) is 23.2 Å². The van der Waals surface area contributed by atoms with Crippen molar-refractivity contribution in [3.05, 3.63) is 40.5 Å². The topological polar surface area (TPSA) is 90.9 Å². The van der Waals surface area contributed by atoms with E-state index in [2.05, 4.69) is 10.4 Å². The summed E-state index contributed by atoms with van der Waals surface area (Å²) in [7, 11) is 1.61. The second kappa shape index (κ2) is 5.00. The number of aromatic nitrogens is 2. The number of hydrogen-bond donors (Lipinski definition) is 2. The number of nitriles is 1. The van der Waals surface area contributed by atoms with E-state index in [9.17, 15) is 9.90 Å². The van der Waals surface area contributed by atoms with Crippen molar-refractivity contribution in [3.63, 3.8) is 0 Å². The van der Waals surface area contributed by atoms with Crippen molar-refractivity contribution in [2.75, 3.05) is 5.32 Å². The number of phenols is 1. The van der Waals surface area contributed by atoms with Gasteiger partial charge < -0.3 is 10.4 Å². The number of amides is 1. The highest BCUT2D eigenvalue weighted by atomic mass is 35.5. The van der Waals surface area contributed by atoms with Crippen LogP contribution >= 0.6 is 11.6 Å². The fourth-order valence-corrected chi connectivity index (χ4v) is 1.68. The molecule has 2 aromatic rings. The van der Waals surface area contributed by atoms with Crippen molar-refractivity contribution in [1.29, 1.82) is 5.26 Å². The van der Waals surface area contributed by atoms with Gasteiger partial charge in [-0.3, -0.25) is 9.48 Å². The van der Waals surface area contributed by atoms with Crippen molar-refractivity contribution in [1.82, 2.24) is 9.78 Å². The second-order valence-corrected chi connectivity index (χ2v) is 4.17. The molecule has 19 heavy (non-hydrogen) atoms. The van der Waals surface area contributed by atoms with Crippen LogP contribution in [0.2, 0.25) is 5.02 Å². The van der Waals surface area contributed by atoms with Crippen molar-refractivity contribution >= 4 is 23.3 Å². The number of carbonyl (C=O) groups excluding carboxylic acids is 1. The quantitative estimate of drug-likeness (QED) is 0.876. The Labute approximate surface area is 113 Å². The lowest BCUT2D eigenvalue weighted by atomic mass is 10.2. The summed E-state index contributed by atoms with van der Waals surface area (Å²) in [4.78, 5) is 12.0. The van der Waals surface area contributed by atoms with Crippen LogP contribution in [0.3, 0.4) is 0 Å². The molecule has 0 atom stereocenters. The number of aryl methyl sites for hydroxylation is 1. The zero-order valence-electron chi connectivity index (χ0n) is 9.88. The van der Waals surface area contributed by atoms with Gasteiger partial charge in [0.25, 0.3) is 5.91 Å². The number of rotatable bonds is 2. The van der Waals surface area contributed by atoms with Gasteiger partial charge in [-0.2, -0.15) is 10.4 Å². The SMILES string of the molecule is Cn1ncc(C#N)c1NC(=O)c1ccc(O)c(Cl)c1. The Morgan fingerprint density at radius 2 is 2.32 bits per heavy atom. The fourth-order valence-electron chi connectivity index (χ4n) is 1.50. The van der Waals surface area contributed by atoms with Crippen LogP contribution in [-0.2, 0) is 7.05 Å². The predicted octanol–water partition coefficient (Wildman–Crippen LogP) is 1.90. The Bertz CT molecular complexity index is 688. The first-order valence-electron chi connectivity index (χ1n) is 5.25. The standard InChI is InChI=1S/C12H9ClN4O2/c1-17-11(8(5-14)6-15-17)16-12(19)7-2-3-10(18)9(13)4-7/h2-4,6,18H,1H3,(H,16,19). The third kappa shape index (κ3) is 2.51. The van der Waals surface area contributed by atoms with Crippen molar-refractivity contribution in [2.24, 2.45) is 7.05 Å². The molecule has 0 saturated heterocycles. The first-order chi connectivity index (χ1) is 9.02. The van der Waals surface area contributed by atoms with E-state index in [0.29, 0.717) is 5.82 Å². The van der Waals surface area contributed by atoms with Crippen LogP contribution in [0.25, 0.3) is 0 Å². The van der Waals surface area contributed by atoms with Crippen LogP contribution in [-0.4, -0.2) is 20.8 Å². The van der Waals surface area contributed by atoms with Gasteiger partial charge in [-0.15, -0.1) is 0 Å². The fraction of sp³-hybridized carbons (Fsp3) is 0.0833. The minimum absolute atomic E-state index is 0.0816. The highest BCUT2D eigenvalue weighted by Gasteiger charge is 2.14. The molecule has 2 N–H and O–H groups in total. The lowest BCUT2D eigenvalue weighted by molar-refractivity contribution is 0.102. The largest absolute Gasteiger partial charge is 0.506 e. The smallest absolute Gasteiger partial charge is 0.256 e. The Morgan fingerprint density at radius 1 is 1.58 bits per heavy atom. The summed E-state index contributed by atoms with van der Waals surface area (Å²) in [6.45, 7) is 0. The molecule has 7 heteroatoms.